The molecule has 31 heavy (non-hydrogen) atoms. The van der Waals surface area contributed by atoms with Crippen molar-refractivity contribution in [2.45, 2.75) is 32.2 Å². The summed E-state index contributed by atoms with van der Waals surface area (Å²) in [5.74, 6) is -0.555. The van der Waals surface area contributed by atoms with E-state index in [9.17, 15) is 19.7 Å². The van der Waals surface area contributed by atoms with Gasteiger partial charge in [0.25, 0.3) is 5.69 Å². The van der Waals surface area contributed by atoms with Gasteiger partial charge < -0.3 is 4.90 Å². The van der Waals surface area contributed by atoms with E-state index >= 15 is 0 Å². The van der Waals surface area contributed by atoms with Crippen LogP contribution in [0, 0.1) is 16.0 Å². The summed E-state index contributed by atoms with van der Waals surface area (Å²) in [7, 11) is 0. The molecule has 1 fully saturated rings. The molecule has 4 rings (SSSR count). The third-order valence-electron chi connectivity index (χ3n) is 5.86. The van der Waals surface area contributed by atoms with Crippen molar-refractivity contribution in [3.05, 3.63) is 86.3 Å². The third kappa shape index (κ3) is 4.07. The Morgan fingerprint density at radius 3 is 2.45 bits per heavy atom. The molecule has 0 aliphatic carbocycles. The Balaban J connectivity index is 1.62. The summed E-state index contributed by atoms with van der Waals surface area (Å²) in [6, 6.07) is 15.7. The number of benzene rings is 2. The fourth-order valence-corrected chi connectivity index (χ4v) is 5.49. The minimum Gasteiger partial charge on any atom is -0.306 e. The second kappa shape index (κ2) is 8.55. The van der Waals surface area contributed by atoms with E-state index in [-0.39, 0.29) is 29.5 Å². The Morgan fingerprint density at radius 2 is 1.74 bits per heavy atom. The molecule has 8 heteroatoms. The summed E-state index contributed by atoms with van der Waals surface area (Å²) in [5.41, 5.74) is 2.70. The summed E-state index contributed by atoms with van der Waals surface area (Å²) in [5, 5.41) is 10.8. The molecule has 2 aromatic carbocycles. The Labute approximate surface area is 184 Å². The van der Waals surface area contributed by atoms with Gasteiger partial charge in [-0.2, -0.15) is 0 Å². The molecule has 0 radical (unpaired) electrons. The fraction of sp³-hybridized carbons (Fsp3) is 0.304. The lowest BCUT2D eigenvalue weighted by Crippen LogP contribution is -2.59. The molecule has 0 saturated carbocycles. The molecule has 2 heterocycles. The number of urea groups is 1. The second-order valence-corrected chi connectivity index (χ2v) is 9.12. The zero-order valence-corrected chi connectivity index (χ0v) is 18.2. The number of non-ortho nitro benzene ring substituents is 1. The van der Waals surface area contributed by atoms with E-state index in [4.69, 9.17) is 0 Å². The van der Waals surface area contributed by atoms with E-state index in [1.54, 1.807) is 17.0 Å². The number of hydrogen-bond donors (Lipinski definition) is 0. The number of amides is 3. The summed E-state index contributed by atoms with van der Waals surface area (Å²) in [4.78, 5) is 41.5. The van der Waals surface area contributed by atoms with Gasteiger partial charge in [0.15, 0.2) is 0 Å². The van der Waals surface area contributed by atoms with Crippen molar-refractivity contribution in [2.24, 2.45) is 5.92 Å². The maximum atomic E-state index is 13.4. The lowest BCUT2D eigenvalue weighted by molar-refractivity contribution is -0.384. The van der Waals surface area contributed by atoms with Gasteiger partial charge in [-0.25, -0.2) is 4.79 Å². The standard InChI is InChI=1S/C23H23N3O4S/c1-15-16(2)31-22-20(15)21(27)24(12-11-17-7-4-3-5-8-17)23(28)25(22)14-18-9-6-10-19(13-18)26(29)30/h3-10,13,20,22H,11-12,14H2,1-2H3. The topological polar surface area (TPSA) is 83.8 Å². The predicted octanol–water partition coefficient (Wildman–Crippen LogP) is 4.58. The lowest BCUT2D eigenvalue weighted by atomic mass is 9.95. The van der Waals surface area contributed by atoms with Crippen LogP contribution in [-0.2, 0) is 17.8 Å². The summed E-state index contributed by atoms with van der Waals surface area (Å²) in [6.45, 7) is 4.43. The first-order valence-corrected chi connectivity index (χ1v) is 11.0. The summed E-state index contributed by atoms with van der Waals surface area (Å²) < 4.78 is 0. The molecule has 2 aromatic rings. The van der Waals surface area contributed by atoms with Crippen LogP contribution in [0.1, 0.15) is 25.0 Å². The number of nitrogens with zero attached hydrogens (tertiary/aromatic N) is 3. The van der Waals surface area contributed by atoms with Crippen molar-refractivity contribution >= 4 is 29.4 Å². The molecule has 7 nitrogen and oxygen atoms in total. The average Bonchev–Trinajstić information content (AvgIpc) is 3.06. The van der Waals surface area contributed by atoms with Gasteiger partial charge >= 0.3 is 6.03 Å². The maximum Gasteiger partial charge on any atom is 0.327 e. The van der Waals surface area contributed by atoms with E-state index in [1.165, 1.54) is 28.8 Å². The normalized spacial score (nSPS) is 21.0. The van der Waals surface area contributed by atoms with Crippen LogP contribution in [-0.4, -0.2) is 38.6 Å². The number of carbonyl (C=O) groups is 2. The van der Waals surface area contributed by atoms with E-state index in [2.05, 4.69) is 0 Å². The number of imide groups is 1. The number of rotatable bonds is 6. The molecule has 160 valence electrons. The van der Waals surface area contributed by atoms with Crippen LogP contribution < -0.4 is 0 Å². The van der Waals surface area contributed by atoms with Crippen LogP contribution in [0.5, 0.6) is 0 Å². The van der Waals surface area contributed by atoms with Crippen LogP contribution in [0.25, 0.3) is 0 Å². The number of thioether (sulfide) groups is 1. The number of fused-ring (bicyclic) bond motifs is 1. The molecule has 2 aliphatic heterocycles. The number of nitro groups is 1. The van der Waals surface area contributed by atoms with E-state index in [0.29, 0.717) is 18.5 Å². The fourth-order valence-electron chi connectivity index (χ4n) is 4.07. The minimum absolute atomic E-state index is 0.0138. The second-order valence-electron chi connectivity index (χ2n) is 7.79. The van der Waals surface area contributed by atoms with E-state index < -0.39 is 10.8 Å². The minimum atomic E-state index is -0.444. The third-order valence-corrected chi connectivity index (χ3v) is 7.31. The van der Waals surface area contributed by atoms with Gasteiger partial charge in [0.1, 0.15) is 0 Å². The van der Waals surface area contributed by atoms with Gasteiger partial charge in [0.2, 0.25) is 5.91 Å². The number of carbonyl (C=O) groups excluding carboxylic acids is 2. The summed E-state index contributed by atoms with van der Waals surface area (Å²) in [6.07, 6.45) is 0.579. The molecule has 2 aliphatic rings. The van der Waals surface area contributed by atoms with Gasteiger partial charge in [-0.3, -0.25) is 19.8 Å². The molecule has 3 amide bonds. The molecule has 0 N–H and O–H groups in total. The first-order valence-electron chi connectivity index (χ1n) is 10.1. The molecule has 0 spiro atoms. The highest BCUT2D eigenvalue weighted by Gasteiger charge is 2.50. The molecule has 2 atom stereocenters. The maximum absolute atomic E-state index is 13.4. The molecule has 0 aromatic heterocycles. The SMILES string of the molecule is CC1=C(C)C2C(=O)N(CCc3ccccc3)C(=O)N(Cc3cccc([N+](=O)[O-])c3)C2S1. The molecule has 2 unspecified atom stereocenters. The quantitative estimate of drug-likeness (QED) is 0.488. The largest absolute Gasteiger partial charge is 0.327 e. The summed E-state index contributed by atoms with van der Waals surface area (Å²) >= 11 is 1.52. The van der Waals surface area contributed by atoms with Crippen LogP contribution in [0.4, 0.5) is 10.5 Å². The highest BCUT2D eigenvalue weighted by Crippen LogP contribution is 2.47. The Morgan fingerprint density at radius 1 is 1.03 bits per heavy atom. The van der Waals surface area contributed by atoms with Gasteiger partial charge in [0.05, 0.1) is 16.2 Å². The smallest absolute Gasteiger partial charge is 0.306 e. The molecule has 0 bridgehead atoms. The molecular formula is C23H23N3O4S. The Kier molecular flexibility index (Phi) is 5.82. The first kappa shape index (κ1) is 21.1. The van der Waals surface area contributed by atoms with Gasteiger partial charge in [-0.05, 0) is 41.9 Å². The van der Waals surface area contributed by atoms with E-state index in [0.717, 1.165) is 16.0 Å². The van der Waals surface area contributed by atoms with Crippen molar-refractivity contribution in [1.29, 1.82) is 0 Å². The van der Waals surface area contributed by atoms with Crippen molar-refractivity contribution in [2.75, 3.05) is 6.54 Å². The van der Waals surface area contributed by atoms with Crippen molar-refractivity contribution in [3.8, 4) is 0 Å². The zero-order valence-electron chi connectivity index (χ0n) is 17.4. The molecular weight excluding hydrogens is 414 g/mol. The Bertz CT molecular complexity index is 1070. The van der Waals surface area contributed by atoms with Gasteiger partial charge in [-0.15, -0.1) is 11.8 Å². The monoisotopic (exact) mass is 437 g/mol. The number of nitro benzene ring substituents is 1. The van der Waals surface area contributed by atoms with Crippen LogP contribution >= 0.6 is 11.8 Å². The molecule has 1 saturated heterocycles. The highest BCUT2D eigenvalue weighted by molar-refractivity contribution is 8.03. The first-order chi connectivity index (χ1) is 14.9. The lowest BCUT2D eigenvalue weighted by Gasteiger charge is -2.42. The van der Waals surface area contributed by atoms with Gasteiger partial charge in [0, 0.05) is 25.2 Å². The highest BCUT2D eigenvalue weighted by atomic mass is 32.2. The van der Waals surface area contributed by atoms with E-state index in [1.807, 2.05) is 44.2 Å². The van der Waals surface area contributed by atoms with Crippen molar-refractivity contribution in [1.82, 2.24) is 9.80 Å². The number of allylic oxidation sites excluding steroid dienone is 1. The van der Waals surface area contributed by atoms with Gasteiger partial charge in [-0.1, -0.05) is 42.5 Å². The van der Waals surface area contributed by atoms with Crippen molar-refractivity contribution in [3.63, 3.8) is 0 Å². The average molecular weight is 438 g/mol. The Hall–Kier alpha value is -3.13. The van der Waals surface area contributed by atoms with Crippen LogP contribution in [0.15, 0.2) is 65.1 Å². The predicted molar refractivity (Wildman–Crippen MR) is 119 cm³/mol. The van der Waals surface area contributed by atoms with Crippen LogP contribution in [0.2, 0.25) is 0 Å². The van der Waals surface area contributed by atoms with Crippen LogP contribution in [0.3, 0.4) is 0 Å². The van der Waals surface area contributed by atoms with Crippen molar-refractivity contribution < 1.29 is 14.5 Å². The zero-order chi connectivity index (χ0) is 22.1. The number of hydrogen-bond acceptors (Lipinski definition) is 5.